The van der Waals surface area contributed by atoms with Gasteiger partial charge in [0.25, 0.3) is 5.91 Å². The molecule has 1 aromatic carbocycles. The highest BCUT2D eigenvalue weighted by atomic mass is 127. The molecule has 82 heavy (non-hydrogen) atoms. The van der Waals surface area contributed by atoms with Gasteiger partial charge in [0.15, 0.2) is 33.8 Å². The molecule has 19 nitrogen and oxygen atoms in total. The van der Waals surface area contributed by atoms with Gasteiger partial charge in [-0.2, -0.15) is 0 Å². The Morgan fingerprint density at radius 1 is 0.878 bits per heavy atom. The molecule has 0 unspecified atom stereocenters. The summed E-state index contributed by atoms with van der Waals surface area (Å²) in [5.41, 5.74) is -2.97. The third-order valence-electron chi connectivity index (χ3n) is 18.1. The van der Waals surface area contributed by atoms with E-state index in [9.17, 15) is 19.8 Å². The third kappa shape index (κ3) is 14.6. The van der Waals surface area contributed by atoms with Gasteiger partial charge in [0.1, 0.15) is 23.2 Å². The van der Waals surface area contributed by atoms with Crippen LogP contribution in [0.15, 0.2) is 42.7 Å². The van der Waals surface area contributed by atoms with E-state index in [0.717, 1.165) is 32.2 Å². The van der Waals surface area contributed by atoms with Gasteiger partial charge in [0.2, 0.25) is 0 Å². The maximum atomic E-state index is 15.4. The fraction of sp³-hybridized carbons (Fsp3) is 0.754. The highest BCUT2D eigenvalue weighted by Crippen LogP contribution is 2.50. The number of alkyl halides is 1. The number of thioether (sulfide) groups is 1. The molecule has 1 amide bonds. The highest BCUT2D eigenvalue weighted by molar-refractivity contribution is 14.1. The molecule has 0 radical (unpaired) electrons. The predicted molar refractivity (Wildman–Crippen MR) is 318 cm³/mol. The Morgan fingerprint density at radius 2 is 1.55 bits per heavy atom. The fourth-order valence-corrected chi connectivity index (χ4v) is 15.5. The highest BCUT2D eigenvalue weighted by Gasteiger charge is 2.62. The van der Waals surface area contributed by atoms with Crippen molar-refractivity contribution in [3.63, 3.8) is 0 Å². The number of amides is 1. The number of Topliss-reactive ketones (excluding diaryl/α,β-unsaturated/α-hetero) is 1. The lowest BCUT2D eigenvalue weighted by Gasteiger charge is -2.50. The number of fused-ring (bicyclic) bond motifs is 1. The van der Waals surface area contributed by atoms with E-state index >= 15 is 9.59 Å². The molecule has 5 fully saturated rings. The van der Waals surface area contributed by atoms with Crippen molar-refractivity contribution in [2.75, 3.05) is 52.1 Å². The van der Waals surface area contributed by atoms with Crippen LogP contribution in [0.5, 0.6) is 11.5 Å². The standard InChI is InChI=1S/C61H92IN3O16S/c1-33(2)32-64(12)43-28-35(4)75-57(49(43)67)79-53-37(6)50(78-46-31-59(9,73-14)52(68)39(8)76-46)38(7)55(70)80-58(62)61(11)47(36(5)48(66)34(3)30-60(53,10)74-15)51(56(71)81-61)82-27-26-65(54(69)40-22-24-63-25-23-40)41-20-21-44(72-13)45(29-41)77-42-18-16-17-19-42/h20-25,29,33-39,42-43,46-47,49-53,57-58,67-68H,16-19,26-28,30-32H2,1-15H3/t34-,35-,36-,37+,38-,39+,43+,46+,47+,49-,50+,51+,52+,53-,57+,58+,59-,60-,61+/m1/s1. The second-order valence-electron chi connectivity index (χ2n) is 24.7. The molecule has 21 heteroatoms. The molecule has 5 heterocycles. The van der Waals surface area contributed by atoms with Gasteiger partial charge in [0, 0.05) is 98.9 Å². The summed E-state index contributed by atoms with van der Waals surface area (Å²) in [4.78, 5) is 67.6. The topological polar surface area (TPSA) is 220 Å². The van der Waals surface area contributed by atoms with E-state index in [0.29, 0.717) is 35.1 Å². The normalized spacial score (nSPS) is 38.0. The Morgan fingerprint density at radius 3 is 2.18 bits per heavy atom. The second kappa shape index (κ2) is 28.1. The van der Waals surface area contributed by atoms with E-state index in [1.54, 1.807) is 90.4 Å². The van der Waals surface area contributed by atoms with Crippen molar-refractivity contribution in [2.24, 2.45) is 35.5 Å². The van der Waals surface area contributed by atoms with Crippen molar-refractivity contribution < 1.29 is 76.8 Å². The number of cyclic esters (lactones) is 1. The maximum Gasteiger partial charge on any atom is 0.320 e. The first-order valence-electron chi connectivity index (χ1n) is 29.3. The zero-order valence-corrected chi connectivity index (χ0v) is 53.7. The van der Waals surface area contributed by atoms with Crippen molar-refractivity contribution in [2.45, 2.75) is 209 Å². The molecule has 2 N–H and O–H groups in total. The first-order chi connectivity index (χ1) is 38.7. The van der Waals surface area contributed by atoms with E-state index in [2.05, 4.69) is 23.7 Å². The minimum Gasteiger partial charge on any atom is -0.493 e. The number of benzene rings is 1. The number of aromatic nitrogens is 1. The monoisotopic (exact) mass is 1280 g/mol. The van der Waals surface area contributed by atoms with Crippen LogP contribution in [-0.2, 0) is 52.3 Å². The number of esters is 2. The van der Waals surface area contributed by atoms with Gasteiger partial charge >= 0.3 is 11.9 Å². The van der Waals surface area contributed by atoms with Crippen molar-refractivity contribution >= 4 is 63.7 Å². The van der Waals surface area contributed by atoms with Gasteiger partial charge < -0.3 is 67.4 Å². The van der Waals surface area contributed by atoms with E-state index in [1.807, 2.05) is 63.4 Å². The van der Waals surface area contributed by atoms with Crippen LogP contribution >= 0.6 is 34.4 Å². The summed E-state index contributed by atoms with van der Waals surface area (Å²) >= 11 is 3.27. The van der Waals surface area contributed by atoms with Crippen LogP contribution in [-0.4, -0.2) is 178 Å². The molecule has 460 valence electrons. The lowest BCUT2D eigenvalue weighted by Crippen LogP contribution is -2.61. The van der Waals surface area contributed by atoms with Crippen molar-refractivity contribution in [1.29, 1.82) is 0 Å². The van der Waals surface area contributed by atoms with Gasteiger partial charge in [-0.3, -0.25) is 24.2 Å². The lowest BCUT2D eigenvalue weighted by molar-refractivity contribution is -0.319. The number of carbonyl (C=O) groups is 4. The van der Waals surface area contributed by atoms with Gasteiger partial charge in [-0.15, -0.1) is 11.8 Å². The maximum absolute atomic E-state index is 15.4. The first kappa shape index (κ1) is 66.3. The van der Waals surface area contributed by atoms with Crippen LogP contribution in [0.3, 0.4) is 0 Å². The van der Waals surface area contributed by atoms with Gasteiger partial charge in [-0.1, -0.05) is 34.6 Å². The van der Waals surface area contributed by atoms with Crippen LogP contribution in [0.1, 0.15) is 131 Å². The molecule has 4 saturated heterocycles. The molecule has 5 aliphatic rings. The minimum atomic E-state index is -1.53. The number of methoxy groups -OCH3 is 3. The number of halogens is 1. The number of ether oxygens (including phenoxy) is 10. The Hall–Kier alpha value is -3.23. The third-order valence-corrected chi connectivity index (χ3v) is 20.8. The number of pyridine rings is 1. The van der Waals surface area contributed by atoms with Crippen LogP contribution in [0, 0.1) is 35.5 Å². The number of hydrogen-bond donors (Lipinski definition) is 2. The molecular formula is C61H92IN3O16S. The summed E-state index contributed by atoms with van der Waals surface area (Å²) in [5, 5.41) is 22.5. The number of aliphatic hydroxyl groups excluding tert-OH is 2. The molecule has 2 aromatic rings. The Kier molecular flexibility index (Phi) is 22.7. The average molecular weight is 1280 g/mol. The molecule has 0 bridgehead atoms. The summed E-state index contributed by atoms with van der Waals surface area (Å²) in [7, 11) is 6.62. The Balaban J connectivity index is 1.25. The average Bonchev–Trinajstić information content (AvgIpc) is 4.18. The van der Waals surface area contributed by atoms with Gasteiger partial charge in [-0.25, -0.2) is 0 Å². The number of ketones is 1. The van der Waals surface area contributed by atoms with Crippen molar-refractivity contribution in [3.05, 3.63) is 48.3 Å². The van der Waals surface area contributed by atoms with Gasteiger partial charge in [-0.05, 0) is 140 Å². The molecule has 19 atom stereocenters. The zero-order valence-electron chi connectivity index (χ0n) is 50.7. The fourth-order valence-electron chi connectivity index (χ4n) is 13.3. The van der Waals surface area contributed by atoms with E-state index in [1.165, 1.54) is 18.9 Å². The van der Waals surface area contributed by atoms with E-state index in [-0.39, 0.29) is 55.1 Å². The van der Waals surface area contributed by atoms with Crippen LogP contribution in [0.2, 0.25) is 0 Å². The molecule has 1 aliphatic carbocycles. The summed E-state index contributed by atoms with van der Waals surface area (Å²) in [6.45, 7) is 21.3. The Bertz CT molecular complexity index is 2480. The number of hydrogen-bond acceptors (Lipinski definition) is 19. The van der Waals surface area contributed by atoms with E-state index in [4.69, 9.17) is 47.4 Å². The minimum absolute atomic E-state index is 0.0207. The number of likely N-dealkylation sites (N-methyl/N-ethyl adjacent to an activating group) is 1. The Labute approximate surface area is 503 Å². The quantitative estimate of drug-likeness (QED) is 0.0812. The van der Waals surface area contributed by atoms with Gasteiger partial charge in [0.05, 0.1) is 54.7 Å². The SMILES string of the molecule is COc1ccc(N(CCS[C@@H]2C(=O)O[C@@]3(C)[C@H]2[C@@H](C)C(=O)[C@H](C)C[C@@](C)(OC)[C@H](O[C@@H]2O[C@H](C)C[C@H](N(C)CC(C)C)[C@H]2O)[C@@H](C)[C@H](O[C@H]2C[C@@](C)(OC)[C@@H](O)[C@H](C)O2)[C@@H](C)C(=O)O[C@@H]3I)C(=O)c2ccncc2)cc1OC1CCCC1. The summed E-state index contributed by atoms with van der Waals surface area (Å²) < 4.78 is 63.3. The molecule has 7 rings (SSSR count). The van der Waals surface area contributed by atoms with Crippen molar-refractivity contribution in [3.8, 4) is 11.5 Å². The number of aliphatic hydroxyl groups is 2. The second-order valence-corrected chi connectivity index (χ2v) is 27.1. The summed E-state index contributed by atoms with van der Waals surface area (Å²) in [6.07, 6.45) is 0.449. The van der Waals surface area contributed by atoms with Crippen LogP contribution in [0.25, 0.3) is 0 Å². The predicted octanol–water partition coefficient (Wildman–Crippen LogP) is 8.44. The number of anilines is 1. The van der Waals surface area contributed by atoms with Crippen LogP contribution < -0.4 is 14.4 Å². The summed E-state index contributed by atoms with van der Waals surface area (Å²) in [6, 6.07) is 8.37. The number of nitrogens with zero attached hydrogens (tertiary/aromatic N) is 3. The number of carbonyl (C=O) groups excluding carboxylic acids is 4. The van der Waals surface area contributed by atoms with Crippen LogP contribution in [0.4, 0.5) is 5.69 Å². The molecule has 4 aliphatic heterocycles. The van der Waals surface area contributed by atoms with Crippen molar-refractivity contribution in [1.82, 2.24) is 9.88 Å². The largest absolute Gasteiger partial charge is 0.493 e. The first-order valence-corrected chi connectivity index (χ1v) is 31.6. The summed E-state index contributed by atoms with van der Waals surface area (Å²) in [5.74, 6) is -4.41. The zero-order chi connectivity index (χ0) is 60.2. The molecule has 1 saturated carbocycles. The van der Waals surface area contributed by atoms with E-state index < -0.39 is 111 Å². The smallest absolute Gasteiger partial charge is 0.320 e. The molecular weight excluding hydrogens is 1190 g/mol. The lowest BCUT2D eigenvalue weighted by atomic mass is 9.72. The number of rotatable bonds is 18. The molecule has 1 aromatic heterocycles. The molecule has 0 spiro atoms.